The molecular weight excluding hydrogens is 380 g/mol. The molecule has 0 N–H and O–H groups in total. The fourth-order valence-corrected chi connectivity index (χ4v) is 3.38. The summed E-state index contributed by atoms with van der Waals surface area (Å²) >= 11 is 0. The molecular formula is C23H20N4O3. The van der Waals surface area contributed by atoms with Gasteiger partial charge < -0.3 is 14.4 Å². The maximum Gasteiger partial charge on any atom is 0.257 e. The fraction of sp³-hybridized carbons (Fsp3) is 0.217. The molecule has 1 unspecified atom stereocenters. The molecule has 1 saturated heterocycles. The van der Waals surface area contributed by atoms with Crippen LogP contribution in [0.15, 0.2) is 67.0 Å². The second kappa shape index (κ2) is 9.05. The highest BCUT2D eigenvalue weighted by molar-refractivity contribution is 5.97. The van der Waals surface area contributed by atoms with Gasteiger partial charge in [0.2, 0.25) is 5.69 Å². The molecule has 0 bridgehead atoms. The van der Waals surface area contributed by atoms with Gasteiger partial charge in [0.25, 0.3) is 11.8 Å². The number of nitriles is 1. The Bertz CT molecular complexity index is 1070. The molecule has 2 heterocycles. The number of ether oxygens (including phenoxy) is 2. The van der Waals surface area contributed by atoms with Crippen LogP contribution in [0.1, 0.15) is 28.9 Å². The van der Waals surface area contributed by atoms with Crippen LogP contribution in [-0.2, 0) is 0 Å². The Morgan fingerprint density at radius 3 is 2.67 bits per heavy atom. The first kappa shape index (κ1) is 19.4. The minimum atomic E-state index is -0.256. The van der Waals surface area contributed by atoms with Crippen LogP contribution in [0.4, 0.5) is 0 Å². The highest BCUT2D eigenvalue weighted by Crippen LogP contribution is 2.27. The standard InChI is InChI=1S/C23H20N4O3/c24-15-20-22(26-13-12-25-20)30-18-9-6-14-27(16-18)23(28)19-10-4-5-11-21(19)29-17-7-2-1-3-8-17/h1-5,7-8,10-13,18H,6,9,14,16H2. The quantitative estimate of drug-likeness (QED) is 0.647. The molecule has 1 fully saturated rings. The van der Waals surface area contributed by atoms with Gasteiger partial charge in [-0.3, -0.25) is 4.79 Å². The zero-order valence-electron chi connectivity index (χ0n) is 16.3. The molecule has 150 valence electrons. The van der Waals surface area contributed by atoms with Crippen molar-refractivity contribution in [2.75, 3.05) is 13.1 Å². The molecule has 1 amide bonds. The van der Waals surface area contributed by atoms with Gasteiger partial charge in [0.15, 0.2) is 0 Å². The Balaban J connectivity index is 1.49. The number of piperidine rings is 1. The molecule has 0 radical (unpaired) electrons. The second-order valence-electron chi connectivity index (χ2n) is 6.87. The minimum Gasteiger partial charge on any atom is -0.470 e. The van der Waals surface area contributed by atoms with E-state index in [9.17, 15) is 10.1 Å². The summed E-state index contributed by atoms with van der Waals surface area (Å²) in [5.41, 5.74) is 0.641. The van der Waals surface area contributed by atoms with E-state index in [-0.39, 0.29) is 23.6 Å². The first-order valence-corrected chi connectivity index (χ1v) is 9.73. The molecule has 4 rings (SSSR count). The van der Waals surface area contributed by atoms with Crippen molar-refractivity contribution in [2.24, 2.45) is 0 Å². The number of amides is 1. The van der Waals surface area contributed by atoms with Gasteiger partial charge in [0.1, 0.15) is 23.7 Å². The van der Waals surface area contributed by atoms with E-state index in [0.717, 1.165) is 12.8 Å². The maximum absolute atomic E-state index is 13.2. The molecule has 2 aromatic carbocycles. The molecule has 0 spiro atoms. The molecule has 1 atom stereocenters. The van der Waals surface area contributed by atoms with Gasteiger partial charge in [-0.2, -0.15) is 5.26 Å². The number of carbonyl (C=O) groups excluding carboxylic acids is 1. The molecule has 30 heavy (non-hydrogen) atoms. The summed E-state index contributed by atoms with van der Waals surface area (Å²) in [5.74, 6) is 1.27. The van der Waals surface area contributed by atoms with Crippen molar-refractivity contribution in [3.8, 4) is 23.4 Å². The summed E-state index contributed by atoms with van der Waals surface area (Å²) in [6, 6.07) is 18.6. The van der Waals surface area contributed by atoms with Crippen LogP contribution in [0, 0.1) is 11.3 Å². The lowest BCUT2D eigenvalue weighted by Gasteiger charge is -2.33. The largest absolute Gasteiger partial charge is 0.470 e. The summed E-state index contributed by atoms with van der Waals surface area (Å²) in [6.45, 7) is 1.03. The van der Waals surface area contributed by atoms with Crippen LogP contribution >= 0.6 is 0 Å². The average molecular weight is 400 g/mol. The number of rotatable bonds is 5. The number of para-hydroxylation sites is 2. The molecule has 1 aromatic heterocycles. The topological polar surface area (TPSA) is 88.3 Å². The number of benzene rings is 2. The molecule has 1 aliphatic rings. The Kier molecular flexibility index (Phi) is 5.85. The lowest BCUT2D eigenvalue weighted by molar-refractivity contribution is 0.0524. The molecule has 1 aliphatic heterocycles. The van der Waals surface area contributed by atoms with Crippen molar-refractivity contribution < 1.29 is 14.3 Å². The predicted octanol–water partition coefficient (Wildman–Crippen LogP) is 3.82. The Morgan fingerprint density at radius 2 is 1.83 bits per heavy atom. The summed E-state index contributed by atoms with van der Waals surface area (Å²) in [6.07, 6.45) is 4.24. The van der Waals surface area contributed by atoms with E-state index in [2.05, 4.69) is 9.97 Å². The third kappa shape index (κ3) is 4.39. The molecule has 0 saturated carbocycles. The minimum absolute atomic E-state index is 0.116. The molecule has 0 aliphatic carbocycles. The summed E-state index contributed by atoms with van der Waals surface area (Å²) in [4.78, 5) is 23.1. The van der Waals surface area contributed by atoms with Gasteiger partial charge in [-0.25, -0.2) is 9.97 Å². The van der Waals surface area contributed by atoms with Crippen molar-refractivity contribution in [3.05, 3.63) is 78.2 Å². The van der Waals surface area contributed by atoms with Crippen molar-refractivity contribution in [2.45, 2.75) is 18.9 Å². The predicted molar refractivity (Wildman–Crippen MR) is 109 cm³/mol. The van der Waals surface area contributed by atoms with E-state index in [1.54, 1.807) is 17.0 Å². The van der Waals surface area contributed by atoms with Crippen molar-refractivity contribution in [1.82, 2.24) is 14.9 Å². The Hall–Kier alpha value is -3.92. The van der Waals surface area contributed by atoms with Crippen LogP contribution < -0.4 is 9.47 Å². The lowest BCUT2D eigenvalue weighted by atomic mass is 10.1. The third-order valence-corrected chi connectivity index (χ3v) is 4.80. The highest BCUT2D eigenvalue weighted by atomic mass is 16.5. The van der Waals surface area contributed by atoms with Gasteiger partial charge in [0.05, 0.1) is 12.1 Å². The normalized spacial score (nSPS) is 15.8. The van der Waals surface area contributed by atoms with Crippen molar-refractivity contribution in [3.63, 3.8) is 0 Å². The van der Waals surface area contributed by atoms with Crippen LogP contribution in [0.5, 0.6) is 17.4 Å². The smallest absolute Gasteiger partial charge is 0.257 e. The first-order valence-electron chi connectivity index (χ1n) is 9.73. The molecule has 3 aromatic rings. The average Bonchev–Trinajstić information content (AvgIpc) is 2.80. The first-order chi connectivity index (χ1) is 14.7. The summed E-state index contributed by atoms with van der Waals surface area (Å²) in [5, 5.41) is 9.18. The Morgan fingerprint density at radius 1 is 1.07 bits per heavy atom. The highest BCUT2D eigenvalue weighted by Gasteiger charge is 2.28. The van der Waals surface area contributed by atoms with E-state index in [1.165, 1.54) is 12.4 Å². The van der Waals surface area contributed by atoms with E-state index in [0.29, 0.717) is 30.2 Å². The van der Waals surface area contributed by atoms with Crippen molar-refractivity contribution >= 4 is 5.91 Å². The third-order valence-electron chi connectivity index (χ3n) is 4.80. The maximum atomic E-state index is 13.2. The number of hydrogen-bond donors (Lipinski definition) is 0. The number of hydrogen-bond acceptors (Lipinski definition) is 6. The zero-order chi connectivity index (χ0) is 20.8. The SMILES string of the molecule is N#Cc1nccnc1OC1CCCN(C(=O)c2ccccc2Oc2ccccc2)C1. The number of nitrogens with zero attached hydrogens (tertiary/aromatic N) is 4. The van der Waals surface area contributed by atoms with Gasteiger partial charge in [-0.1, -0.05) is 30.3 Å². The molecule has 7 heteroatoms. The fourth-order valence-electron chi connectivity index (χ4n) is 3.38. The number of aromatic nitrogens is 2. The van der Waals surface area contributed by atoms with E-state index in [4.69, 9.17) is 9.47 Å². The number of carbonyl (C=O) groups is 1. The lowest BCUT2D eigenvalue weighted by Crippen LogP contribution is -2.44. The summed E-state index contributed by atoms with van der Waals surface area (Å²) < 4.78 is 11.8. The van der Waals surface area contributed by atoms with Gasteiger partial charge in [-0.15, -0.1) is 0 Å². The summed E-state index contributed by atoms with van der Waals surface area (Å²) in [7, 11) is 0. The van der Waals surface area contributed by atoms with Crippen LogP contribution in [0.25, 0.3) is 0 Å². The van der Waals surface area contributed by atoms with E-state index < -0.39 is 0 Å². The molecule has 7 nitrogen and oxygen atoms in total. The monoisotopic (exact) mass is 400 g/mol. The second-order valence-corrected chi connectivity index (χ2v) is 6.87. The van der Waals surface area contributed by atoms with E-state index in [1.807, 2.05) is 48.5 Å². The van der Waals surface area contributed by atoms with Crippen LogP contribution in [-0.4, -0.2) is 40.0 Å². The van der Waals surface area contributed by atoms with Crippen LogP contribution in [0.3, 0.4) is 0 Å². The van der Waals surface area contributed by atoms with Gasteiger partial charge >= 0.3 is 0 Å². The van der Waals surface area contributed by atoms with Gasteiger partial charge in [0, 0.05) is 18.9 Å². The number of likely N-dealkylation sites (tertiary alicyclic amines) is 1. The zero-order valence-corrected chi connectivity index (χ0v) is 16.3. The van der Waals surface area contributed by atoms with Crippen LogP contribution in [0.2, 0.25) is 0 Å². The van der Waals surface area contributed by atoms with Gasteiger partial charge in [-0.05, 0) is 37.1 Å². The van der Waals surface area contributed by atoms with E-state index >= 15 is 0 Å². The Labute approximate surface area is 174 Å². The van der Waals surface area contributed by atoms with Crippen molar-refractivity contribution in [1.29, 1.82) is 5.26 Å².